The van der Waals surface area contributed by atoms with Gasteiger partial charge in [-0.25, -0.2) is 0 Å². The fraction of sp³-hybridized carbons (Fsp3) is 0.367. The highest BCUT2D eigenvalue weighted by Gasteiger charge is 2.33. The largest absolute Gasteiger partial charge is 0.497 e. The van der Waals surface area contributed by atoms with Gasteiger partial charge in [0, 0.05) is 6.54 Å². The van der Waals surface area contributed by atoms with Crippen molar-refractivity contribution in [2.45, 2.75) is 38.6 Å². The van der Waals surface area contributed by atoms with E-state index >= 15 is 0 Å². The third-order valence-corrected chi connectivity index (χ3v) is 6.79. The average molecular weight is 490 g/mol. The van der Waals surface area contributed by atoms with Gasteiger partial charge in [-0.1, -0.05) is 38.1 Å². The van der Waals surface area contributed by atoms with Crippen LogP contribution in [0.5, 0.6) is 23.0 Å². The maximum atomic E-state index is 13.5. The number of methoxy groups -OCH3 is 3. The molecule has 0 aliphatic carbocycles. The summed E-state index contributed by atoms with van der Waals surface area (Å²) < 4.78 is 22.6. The number of hydrogen-bond acceptors (Lipinski definition) is 5. The van der Waals surface area contributed by atoms with Crippen LogP contribution in [-0.4, -0.2) is 45.3 Å². The number of hydrogen-bond donors (Lipinski definition) is 0. The molecule has 1 amide bonds. The molecule has 3 aromatic rings. The summed E-state index contributed by atoms with van der Waals surface area (Å²) in [7, 11) is 4.90. The molecule has 0 saturated carbocycles. The second kappa shape index (κ2) is 11.4. The van der Waals surface area contributed by atoms with Crippen molar-refractivity contribution >= 4 is 5.91 Å². The highest BCUT2D eigenvalue weighted by molar-refractivity contribution is 5.80. The van der Waals surface area contributed by atoms with Crippen LogP contribution >= 0.6 is 0 Å². The maximum absolute atomic E-state index is 13.5. The molecule has 1 aliphatic heterocycles. The fourth-order valence-corrected chi connectivity index (χ4v) is 4.65. The van der Waals surface area contributed by atoms with Gasteiger partial charge in [-0.05, 0) is 71.0 Å². The number of benzene rings is 3. The van der Waals surface area contributed by atoms with Gasteiger partial charge in [-0.3, -0.25) is 4.79 Å². The second-order valence-corrected chi connectivity index (χ2v) is 9.32. The van der Waals surface area contributed by atoms with Crippen molar-refractivity contribution < 1.29 is 23.7 Å². The number of nitrogens with zero attached hydrogens (tertiary/aromatic N) is 1. The molecular formula is C30H35NO5. The Labute approximate surface area is 213 Å². The normalized spacial score (nSPS) is 14.8. The third kappa shape index (κ3) is 5.59. The molecule has 0 fully saturated rings. The van der Waals surface area contributed by atoms with Gasteiger partial charge in [-0.15, -0.1) is 0 Å². The minimum absolute atomic E-state index is 0.0596. The molecule has 0 N–H and O–H groups in total. The molecule has 190 valence electrons. The predicted molar refractivity (Wildman–Crippen MR) is 140 cm³/mol. The molecule has 1 atom stereocenters. The lowest BCUT2D eigenvalue weighted by Crippen LogP contribution is -2.43. The first-order chi connectivity index (χ1) is 17.4. The van der Waals surface area contributed by atoms with Crippen LogP contribution < -0.4 is 18.9 Å². The Morgan fingerprint density at radius 2 is 1.53 bits per heavy atom. The smallest absolute Gasteiger partial charge is 0.227 e. The molecule has 4 rings (SSSR count). The summed E-state index contributed by atoms with van der Waals surface area (Å²) in [5.74, 6) is 3.41. The maximum Gasteiger partial charge on any atom is 0.227 e. The Morgan fingerprint density at radius 1 is 0.889 bits per heavy atom. The van der Waals surface area contributed by atoms with E-state index in [1.165, 1.54) is 5.56 Å². The van der Waals surface area contributed by atoms with Gasteiger partial charge in [0.2, 0.25) is 5.91 Å². The van der Waals surface area contributed by atoms with E-state index in [1.54, 1.807) is 21.3 Å². The van der Waals surface area contributed by atoms with E-state index in [1.807, 2.05) is 53.4 Å². The summed E-state index contributed by atoms with van der Waals surface area (Å²) in [5, 5.41) is 0. The molecule has 36 heavy (non-hydrogen) atoms. The van der Waals surface area contributed by atoms with Gasteiger partial charge in [0.25, 0.3) is 0 Å². The first-order valence-electron chi connectivity index (χ1n) is 12.3. The van der Waals surface area contributed by atoms with Crippen LogP contribution in [-0.2, 0) is 17.6 Å². The molecule has 0 bridgehead atoms. The molecule has 6 heteroatoms. The van der Waals surface area contributed by atoms with Gasteiger partial charge in [0.15, 0.2) is 11.5 Å². The van der Waals surface area contributed by atoms with E-state index < -0.39 is 0 Å². The van der Waals surface area contributed by atoms with Crippen molar-refractivity contribution in [3.63, 3.8) is 0 Å². The topological polar surface area (TPSA) is 57.2 Å². The molecule has 6 nitrogen and oxygen atoms in total. The lowest BCUT2D eigenvalue weighted by Gasteiger charge is -2.37. The van der Waals surface area contributed by atoms with Gasteiger partial charge >= 0.3 is 0 Å². The molecule has 0 radical (unpaired) electrons. The van der Waals surface area contributed by atoms with Crippen molar-refractivity contribution in [1.82, 2.24) is 4.90 Å². The predicted octanol–water partition coefficient (Wildman–Crippen LogP) is 5.58. The van der Waals surface area contributed by atoms with Crippen molar-refractivity contribution in [3.05, 3.63) is 82.9 Å². The van der Waals surface area contributed by atoms with Crippen LogP contribution in [0.4, 0.5) is 0 Å². The van der Waals surface area contributed by atoms with Crippen LogP contribution in [0.15, 0.2) is 60.7 Å². The fourth-order valence-electron chi connectivity index (χ4n) is 4.65. The Hall–Kier alpha value is -3.67. The Kier molecular flexibility index (Phi) is 8.04. The summed E-state index contributed by atoms with van der Waals surface area (Å²) >= 11 is 0. The van der Waals surface area contributed by atoms with Gasteiger partial charge in [-0.2, -0.15) is 0 Å². The van der Waals surface area contributed by atoms with Crippen molar-refractivity contribution in [2.24, 2.45) is 0 Å². The van der Waals surface area contributed by atoms with Crippen LogP contribution in [0.25, 0.3) is 0 Å². The van der Waals surface area contributed by atoms with Crippen molar-refractivity contribution in [2.75, 3.05) is 34.5 Å². The molecule has 1 aliphatic rings. The first-order valence-corrected chi connectivity index (χ1v) is 12.3. The van der Waals surface area contributed by atoms with Crippen molar-refractivity contribution in [1.29, 1.82) is 0 Å². The van der Waals surface area contributed by atoms with E-state index in [4.69, 9.17) is 18.9 Å². The minimum Gasteiger partial charge on any atom is -0.497 e. The third-order valence-electron chi connectivity index (χ3n) is 6.79. The average Bonchev–Trinajstić information content (AvgIpc) is 2.91. The molecule has 1 unspecified atom stereocenters. The minimum atomic E-state index is -0.246. The molecule has 0 saturated heterocycles. The molecule has 0 spiro atoms. The number of rotatable bonds is 9. The van der Waals surface area contributed by atoms with Crippen LogP contribution in [0.2, 0.25) is 0 Å². The highest BCUT2D eigenvalue weighted by Crippen LogP contribution is 2.38. The van der Waals surface area contributed by atoms with Gasteiger partial charge < -0.3 is 23.8 Å². The lowest BCUT2D eigenvalue weighted by molar-refractivity contribution is -0.134. The quantitative estimate of drug-likeness (QED) is 0.393. The number of carbonyl (C=O) groups is 1. The monoisotopic (exact) mass is 489 g/mol. The first kappa shape index (κ1) is 25.4. The van der Waals surface area contributed by atoms with Gasteiger partial charge in [0.1, 0.15) is 18.1 Å². The highest BCUT2D eigenvalue weighted by atomic mass is 16.5. The number of amides is 1. The van der Waals surface area contributed by atoms with Gasteiger partial charge in [0.05, 0.1) is 33.8 Å². The summed E-state index contributed by atoms with van der Waals surface area (Å²) in [6.07, 6.45) is 1.05. The zero-order valence-corrected chi connectivity index (χ0v) is 21.7. The van der Waals surface area contributed by atoms with E-state index in [0.717, 1.165) is 34.6 Å². The van der Waals surface area contributed by atoms with E-state index in [0.29, 0.717) is 37.0 Å². The van der Waals surface area contributed by atoms with E-state index in [9.17, 15) is 4.79 Å². The lowest BCUT2D eigenvalue weighted by atomic mass is 9.91. The molecule has 3 aromatic carbocycles. The molecular weight excluding hydrogens is 454 g/mol. The molecule has 1 heterocycles. The van der Waals surface area contributed by atoms with E-state index in [2.05, 4.69) is 26.0 Å². The van der Waals surface area contributed by atoms with Crippen LogP contribution in [0.3, 0.4) is 0 Å². The summed E-state index contributed by atoms with van der Waals surface area (Å²) in [4.78, 5) is 15.5. The Bertz CT molecular complexity index is 1170. The standard InChI is InChI=1S/C30H35NO5/c1-20(2)22-8-12-25(13-9-22)36-19-27-26-18-29(35-5)28(34-4)17-23(26)14-15-31(27)30(32)16-21-6-10-24(33-3)11-7-21/h6-13,17-18,20,27H,14-16,19H2,1-5H3. The zero-order valence-electron chi connectivity index (χ0n) is 21.7. The van der Waals surface area contributed by atoms with Crippen molar-refractivity contribution in [3.8, 4) is 23.0 Å². The zero-order chi connectivity index (χ0) is 25.7. The summed E-state index contributed by atoms with van der Waals surface area (Å²) in [5.41, 5.74) is 4.38. The molecule has 0 aromatic heterocycles. The number of carbonyl (C=O) groups excluding carboxylic acids is 1. The van der Waals surface area contributed by atoms with Crippen LogP contribution in [0.1, 0.15) is 48.1 Å². The number of ether oxygens (including phenoxy) is 4. The van der Waals surface area contributed by atoms with E-state index in [-0.39, 0.29) is 11.9 Å². The SMILES string of the molecule is COc1ccc(CC(=O)N2CCc3cc(OC)c(OC)cc3C2COc2ccc(C(C)C)cc2)cc1. The Balaban J connectivity index is 1.61. The second-order valence-electron chi connectivity index (χ2n) is 9.32. The summed E-state index contributed by atoms with van der Waals surface area (Å²) in [6.45, 7) is 5.29. The summed E-state index contributed by atoms with van der Waals surface area (Å²) in [6, 6.07) is 19.6. The van der Waals surface area contributed by atoms with Crippen LogP contribution in [0, 0.1) is 0 Å². The Morgan fingerprint density at radius 3 is 2.14 bits per heavy atom. The number of fused-ring (bicyclic) bond motifs is 1.